The van der Waals surface area contributed by atoms with E-state index in [-0.39, 0.29) is 0 Å². The Morgan fingerprint density at radius 1 is 1.00 bits per heavy atom. The number of furan rings is 1. The monoisotopic (exact) mass is 309 g/mol. The Kier molecular flexibility index (Phi) is 4.72. The van der Waals surface area contributed by atoms with Gasteiger partial charge in [0.05, 0.1) is 35.7 Å². The predicted molar refractivity (Wildman–Crippen MR) is 91.8 cm³/mol. The quantitative estimate of drug-likeness (QED) is 0.682. The number of nitrogens with zero attached hydrogens (tertiary/aromatic N) is 3. The summed E-state index contributed by atoms with van der Waals surface area (Å²) in [6.45, 7) is 8.28. The lowest BCUT2D eigenvalue weighted by molar-refractivity contribution is 0.139. The minimum absolute atomic E-state index is 0.424. The molecule has 0 saturated carbocycles. The Morgan fingerprint density at radius 3 is 2.48 bits per heavy atom. The van der Waals surface area contributed by atoms with Crippen LogP contribution in [0.5, 0.6) is 0 Å². The van der Waals surface area contributed by atoms with Crippen LogP contribution in [0.4, 0.5) is 0 Å². The largest absolute Gasteiger partial charge is 0.468 e. The van der Waals surface area contributed by atoms with Crippen LogP contribution in [0.15, 0.2) is 53.3 Å². The van der Waals surface area contributed by atoms with Crippen LogP contribution >= 0.6 is 0 Å². The van der Waals surface area contributed by atoms with E-state index >= 15 is 0 Å². The molecule has 0 radical (unpaired) electrons. The van der Waals surface area contributed by atoms with E-state index in [9.17, 15) is 0 Å². The molecule has 4 heteroatoms. The van der Waals surface area contributed by atoms with Gasteiger partial charge in [0, 0.05) is 12.6 Å². The number of benzene rings is 1. The normalized spacial score (nSPS) is 13.1. The molecule has 0 bridgehead atoms. The van der Waals surface area contributed by atoms with E-state index in [1.165, 1.54) is 0 Å². The predicted octanol–water partition coefficient (Wildman–Crippen LogP) is 4.27. The van der Waals surface area contributed by atoms with Crippen molar-refractivity contribution < 1.29 is 4.42 Å². The van der Waals surface area contributed by atoms with Gasteiger partial charge >= 0.3 is 0 Å². The average molecular weight is 309 g/mol. The van der Waals surface area contributed by atoms with E-state index in [2.05, 4.69) is 30.7 Å². The third-order valence-electron chi connectivity index (χ3n) is 4.34. The van der Waals surface area contributed by atoms with E-state index < -0.39 is 0 Å². The Labute approximate surface area is 137 Å². The van der Waals surface area contributed by atoms with Gasteiger partial charge in [-0.15, -0.1) is 0 Å². The average Bonchev–Trinajstić information content (AvgIpc) is 3.06. The van der Waals surface area contributed by atoms with E-state index in [0.29, 0.717) is 12.0 Å². The molecular formula is C19H23N3O. The first-order valence-electron chi connectivity index (χ1n) is 8.10. The summed E-state index contributed by atoms with van der Waals surface area (Å²) in [7, 11) is 0. The van der Waals surface area contributed by atoms with Crippen LogP contribution in [0.1, 0.15) is 32.2 Å². The molecule has 4 nitrogen and oxygen atoms in total. The zero-order valence-electron chi connectivity index (χ0n) is 13.9. The van der Waals surface area contributed by atoms with E-state index in [0.717, 1.165) is 35.6 Å². The highest BCUT2D eigenvalue weighted by molar-refractivity contribution is 5.73. The van der Waals surface area contributed by atoms with E-state index in [4.69, 9.17) is 9.40 Å². The van der Waals surface area contributed by atoms with Gasteiger partial charge in [0.25, 0.3) is 0 Å². The number of hydrogen-bond acceptors (Lipinski definition) is 4. The summed E-state index contributed by atoms with van der Waals surface area (Å²) in [6, 6.07) is 12.4. The maximum atomic E-state index is 5.52. The zero-order valence-corrected chi connectivity index (χ0v) is 13.9. The zero-order chi connectivity index (χ0) is 16.2. The van der Waals surface area contributed by atoms with Gasteiger partial charge in [0.15, 0.2) is 0 Å². The first-order valence-corrected chi connectivity index (χ1v) is 8.10. The summed E-state index contributed by atoms with van der Waals surface area (Å²) in [5.41, 5.74) is 2.87. The van der Waals surface area contributed by atoms with Crippen LogP contribution in [-0.2, 0) is 13.1 Å². The standard InChI is InChI=1S/C19H23N3O/c1-14(2)15(3)22(13-17-7-6-10-23-17)12-16-11-20-18-8-4-5-9-19(18)21-16/h4-11,14-15H,12-13H2,1-3H3/t15-/m0/s1. The molecule has 0 amide bonds. The number of aromatic nitrogens is 2. The summed E-state index contributed by atoms with van der Waals surface area (Å²) >= 11 is 0. The van der Waals surface area contributed by atoms with Gasteiger partial charge < -0.3 is 4.42 Å². The highest BCUT2D eigenvalue weighted by Gasteiger charge is 2.19. The fourth-order valence-electron chi connectivity index (χ4n) is 2.65. The lowest BCUT2D eigenvalue weighted by Crippen LogP contribution is -2.36. The first kappa shape index (κ1) is 15.7. The number of rotatable bonds is 6. The van der Waals surface area contributed by atoms with Crippen LogP contribution in [0.3, 0.4) is 0 Å². The molecule has 0 unspecified atom stereocenters. The highest BCUT2D eigenvalue weighted by atomic mass is 16.3. The smallest absolute Gasteiger partial charge is 0.117 e. The molecular weight excluding hydrogens is 286 g/mol. The van der Waals surface area contributed by atoms with Crippen LogP contribution in [0, 0.1) is 5.92 Å². The summed E-state index contributed by atoms with van der Waals surface area (Å²) < 4.78 is 5.52. The number of hydrogen-bond donors (Lipinski definition) is 0. The molecule has 1 aromatic carbocycles. The molecule has 3 rings (SSSR count). The Bertz CT molecular complexity index is 752. The van der Waals surface area contributed by atoms with Crippen molar-refractivity contribution in [3.8, 4) is 0 Å². The minimum Gasteiger partial charge on any atom is -0.468 e. The van der Waals surface area contributed by atoms with E-state index in [1.807, 2.05) is 42.6 Å². The lowest BCUT2D eigenvalue weighted by atomic mass is 10.0. The molecule has 1 atom stereocenters. The SMILES string of the molecule is CC(C)[C@H](C)N(Cc1cnc2ccccc2n1)Cc1ccco1. The molecule has 0 aliphatic heterocycles. The summed E-state index contributed by atoms with van der Waals surface area (Å²) in [4.78, 5) is 11.7. The number of fused-ring (bicyclic) bond motifs is 1. The molecule has 2 aromatic heterocycles. The van der Waals surface area contributed by atoms with Gasteiger partial charge in [-0.2, -0.15) is 0 Å². The van der Waals surface area contributed by atoms with Gasteiger partial charge in [-0.3, -0.25) is 9.88 Å². The van der Waals surface area contributed by atoms with Crippen LogP contribution in [-0.4, -0.2) is 20.9 Å². The second-order valence-electron chi connectivity index (χ2n) is 6.32. The molecule has 0 saturated heterocycles. The molecule has 3 aromatic rings. The topological polar surface area (TPSA) is 42.2 Å². The molecule has 0 aliphatic carbocycles. The molecule has 0 N–H and O–H groups in total. The van der Waals surface area contributed by atoms with Crippen LogP contribution in [0.25, 0.3) is 11.0 Å². The minimum atomic E-state index is 0.424. The Hall–Kier alpha value is -2.20. The third-order valence-corrected chi connectivity index (χ3v) is 4.34. The second kappa shape index (κ2) is 6.92. The van der Waals surface area contributed by atoms with Crippen molar-refractivity contribution in [2.75, 3.05) is 0 Å². The molecule has 2 heterocycles. The third kappa shape index (κ3) is 3.77. The van der Waals surface area contributed by atoms with Gasteiger partial charge in [-0.25, -0.2) is 4.98 Å². The fraction of sp³-hybridized carbons (Fsp3) is 0.368. The van der Waals surface area contributed by atoms with Gasteiger partial charge in [-0.05, 0) is 37.1 Å². The Balaban J connectivity index is 1.83. The highest BCUT2D eigenvalue weighted by Crippen LogP contribution is 2.18. The summed E-state index contributed by atoms with van der Waals surface area (Å²) in [5.74, 6) is 1.53. The Morgan fingerprint density at radius 2 is 1.78 bits per heavy atom. The van der Waals surface area contributed by atoms with Crippen molar-refractivity contribution in [1.29, 1.82) is 0 Å². The van der Waals surface area contributed by atoms with E-state index in [1.54, 1.807) is 6.26 Å². The van der Waals surface area contributed by atoms with Crippen LogP contribution < -0.4 is 0 Å². The van der Waals surface area contributed by atoms with Crippen LogP contribution in [0.2, 0.25) is 0 Å². The van der Waals surface area contributed by atoms with Crippen molar-refractivity contribution in [3.05, 3.63) is 60.3 Å². The van der Waals surface area contributed by atoms with Gasteiger partial charge in [0.2, 0.25) is 0 Å². The second-order valence-corrected chi connectivity index (χ2v) is 6.32. The lowest BCUT2D eigenvalue weighted by Gasteiger charge is -2.30. The van der Waals surface area contributed by atoms with Crippen molar-refractivity contribution in [1.82, 2.24) is 14.9 Å². The maximum absolute atomic E-state index is 5.52. The molecule has 120 valence electrons. The number of para-hydroxylation sites is 2. The fourth-order valence-corrected chi connectivity index (χ4v) is 2.65. The summed E-state index contributed by atoms with van der Waals surface area (Å²) in [5, 5.41) is 0. The molecule has 0 spiro atoms. The van der Waals surface area contributed by atoms with Crippen molar-refractivity contribution in [2.45, 2.75) is 39.9 Å². The molecule has 0 aliphatic rings. The first-order chi connectivity index (χ1) is 11.1. The molecule has 0 fully saturated rings. The van der Waals surface area contributed by atoms with Gasteiger partial charge in [-0.1, -0.05) is 26.0 Å². The van der Waals surface area contributed by atoms with Gasteiger partial charge in [0.1, 0.15) is 5.76 Å². The maximum Gasteiger partial charge on any atom is 0.117 e. The summed E-state index contributed by atoms with van der Waals surface area (Å²) in [6.07, 6.45) is 3.61. The molecule has 23 heavy (non-hydrogen) atoms. The van der Waals surface area contributed by atoms with Crippen molar-refractivity contribution >= 4 is 11.0 Å². The van der Waals surface area contributed by atoms with Crippen molar-refractivity contribution in [3.63, 3.8) is 0 Å². The van der Waals surface area contributed by atoms with Crippen molar-refractivity contribution in [2.24, 2.45) is 5.92 Å².